The zero-order valence-corrected chi connectivity index (χ0v) is 12.8. The molecule has 22 heavy (non-hydrogen) atoms. The van der Waals surface area contributed by atoms with Gasteiger partial charge in [-0.3, -0.25) is 4.79 Å². The molecule has 1 aliphatic rings. The molecule has 0 saturated carbocycles. The number of nitrogens with zero attached hydrogens (tertiary/aromatic N) is 1. The summed E-state index contributed by atoms with van der Waals surface area (Å²) in [5.74, 6) is -0.923. The molecule has 1 fully saturated rings. The molecule has 1 aromatic rings. The molecule has 6 heteroatoms. The number of hydrogen-bond donors (Lipinski definition) is 1. The zero-order valence-electron chi connectivity index (χ0n) is 12.8. The first-order valence-corrected chi connectivity index (χ1v) is 7.48. The van der Waals surface area contributed by atoms with Crippen LogP contribution in [0, 0.1) is 0 Å². The van der Waals surface area contributed by atoms with Crippen molar-refractivity contribution < 1.29 is 19.1 Å². The second-order valence-corrected chi connectivity index (χ2v) is 5.24. The Hall–Kier alpha value is -2.08. The van der Waals surface area contributed by atoms with E-state index in [9.17, 15) is 9.59 Å². The van der Waals surface area contributed by atoms with Crippen LogP contribution >= 0.6 is 0 Å². The lowest BCUT2D eigenvalue weighted by molar-refractivity contribution is -0.150. The summed E-state index contributed by atoms with van der Waals surface area (Å²) in [6.45, 7) is 1.70. The fourth-order valence-electron chi connectivity index (χ4n) is 2.41. The number of ether oxygens (including phenoxy) is 2. The molecule has 1 aliphatic heterocycles. The Morgan fingerprint density at radius 2 is 1.77 bits per heavy atom. The largest absolute Gasteiger partial charge is 0.454 e. The Morgan fingerprint density at radius 1 is 1.09 bits per heavy atom. The zero-order chi connectivity index (χ0) is 15.8. The Bertz CT molecular complexity index is 495. The lowest BCUT2D eigenvalue weighted by Crippen LogP contribution is -2.29. The summed E-state index contributed by atoms with van der Waals surface area (Å²) in [6, 6.07) is 7.72. The second-order valence-electron chi connectivity index (χ2n) is 5.24. The van der Waals surface area contributed by atoms with Crippen molar-refractivity contribution in [3.05, 3.63) is 24.3 Å². The fraction of sp³-hybridized carbons (Fsp3) is 0.500. The number of anilines is 2. The first-order valence-electron chi connectivity index (χ1n) is 7.48. The highest BCUT2D eigenvalue weighted by atomic mass is 16.6. The fourth-order valence-corrected chi connectivity index (χ4v) is 2.41. The molecular weight excluding hydrogens is 284 g/mol. The maximum atomic E-state index is 11.7. The van der Waals surface area contributed by atoms with E-state index in [4.69, 9.17) is 4.74 Å². The van der Waals surface area contributed by atoms with Crippen molar-refractivity contribution in [2.75, 3.05) is 43.6 Å². The number of methoxy groups -OCH3 is 1. The summed E-state index contributed by atoms with van der Waals surface area (Å²) >= 11 is 0. The normalized spacial score (nSPS) is 14.5. The summed E-state index contributed by atoms with van der Waals surface area (Å²) in [5.41, 5.74) is 1.86. The molecule has 0 spiro atoms. The minimum absolute atomic E-state index is 0.155. The van der Waals surface area contributed by atoms with E-state index in [1.807, 2.05) is 24.3 Å². The number of piperidine rings is 1. The smallest absolute Gasteiger partial charge is 0.332 e. The van der Waals surface area contributed by atoms with Crippen LogP contribution in [0.1, 0.15) is 19.3 Å². The number of carbonyl (C=O) groups is 2. The van der Waals surface area contributed by atoms with E-state index in [0.29, 0.717) is 5.69 Å². The van der Waals surface area contributed by atoms with Crippen LogP contribution in [0.15, 0.2) is 24.3 Å². The number of rotatable bonds is 6. The van der Waals surface area contributed by atoms with E-state index >= 15 is 0 Å². The molecule has 1 heterocycles. The van der Waals surface area contributed by atoms with E-state index in [-0.39, 0.29) is 19.1 Å². The average molecular weight is 306 g/mol. The highest BCUT2D eigenvalue weighted by molar-refractivity contribution is 5.93. The molecule has 0 bridgehead atoms. The van der Waals surface area contributed by atoms with Crippen LogP contribution in [-0.2, 0) is 19.1 Å². The average Bonchev–Trinajstić information content (AvgIpc) is 2.55. The molecule has 1 amide bonds. The summed E-state index contributed by atoms with van der Waals surface area (Å²) in [7, 11) is 1.39. The molecule has 0 radical (unpaired) electrons. The lowest BCUT2D eigenvalue weighted by Gasteiger charge is -2.28. The summed E-state index contributed by atoms with van der Waals surface area (Å²) in [5, 5.41) is 2.69. The predicted molar refractivity (Wildman–Crippen MR) is 84.0 cm³/mol. The van der Waals surface area contributed by atoms with E-state index in [2.05, 4.69) is 15.0 Å². The quantitative estimate of drug-likeness (QED) is 0.812. The van der Waals surface area contributed by atoms with Crippen molar-refractivity contribution in [2.45, 2.75) is 19.3 Å². The predicted octanol–water partition coefficient (Wildman–Crippen LogP) is 1.80. The van der Waals surface area contributed by atoms with Gasteiger partial charge in [-0.25, -0.2) is 4.79 Å². The molecule has 0 atom stereocenters. The van der Waals surface area contributed by atoms with Crippen molar-refractivity contribution >= 4 is 23.3 Å². The molecule has 120 valence electrons. The molecule has 1 N–H and O–H groups in total. The Morgan fingerprint density at radius 3 is 2.41 bits per heavy atom. The maximum absolute atomic E-state index is 11.7. The minimum atomic E-state index is -0.557. The van der Waals surface area contributed by atoms with Gasteiger partial charge in [0, 0.05) is 31.6 Å². The Kier molecular flexibility index (Phi) is 6.21. The van der Waals surface area contributed by atoms with Crippen LogP contribution in [0.5, 0.6) is 0 Å². The number of esters is 1. The van der Waals surface area contributed by atoms with Crippen molar-refractivity contribution in [1.82, 2.24) is 0 Å². The maximum Gasteiger partial charge on any atom is 0.332 e. The van der Waals surface area contributed by atoms with Gasteiger partial charge < -0.3 is 19.7 Å². The highest BCUT2D eigenvalue weighted by Gasteiger charge is 2.11. The highest BCUT2D eigenvalue weighted by Crippen LogP contribution is 2.21. The lowest BCUT2D eigenvalue weighted by atomic mass is 10.1. The van der Waals surface area contributed by atoms with Gasteiger partial charge in [0.1, 0.15) is 6.61 Å². The SMILES string of the molecule is COCC(=O)OCC(=O)Nc1ccc(N2CCCCC2)cc1. The van der Waals surface area contributed by atoms with Crippen molar-refractivity contribution in [3.63, 3.8) is 0 Å². The molecule has 6 nitrogen and oxygen atoms in total. The molecule has 0 unspecified atom stereocenters. The standard InChI is InChI=1S/C16H22N2O4/c1-21-12-16(20)22-11-15(19)17-13-5-7-14(8-6-13)18-9-3-2-4-10-18/h5-8H,2-4,9-12H2,1H3,(H,17,19). The van der Waals surface area contributed by atoms with Gasteiger partial charge in [0.25, 0.3) is 5.91 Å². The third kappa shape index (κ3) is 5.04. The van der Waals surface area contributed by atoms with Crippen LogP contribution in [-0.4, -0.2) is 45.3 Å². The van der Waals surface area contributed by atoms with Gasteiger partial charge in [0.05, 0.1) is 0 Å². The minimum Gasteiger partial charge on any atom is -0.454 e. The van der Waals surface area contributed by atoms with Crippen LogP contribution in [0.3, 0.4) is 0 Å². The first-order chi connectivity index (χ1) is 10.7. The molecule has 0 aliphatic carbocycles. The third-order valence-corrected chi connectivity index (χ3v) is 3.50. The van der Waals surface area contributed by atoms with Gasteiger partial charge in [0.15, 0.2) is 6.61 Å². The van der Waals surface area contributed by atoms with E-state index in [1.165, 1.54) is 32.1 Å². The van der Waals surface area contributed by atoms with Gasteiger partial charge in [-0.05, 0) is 43.5 Å². The van der Waals surface area contributed by atoms with E-state index < -0.39 is 5.97 Å². The molecule has 1 aromatic carbocycles. The van der Waals surface area contributed by atoms with Gasteiger partial charge in [0.2, 0.25) is 0 Å². The Labute approximate surface area is 130 Å². The number of amides is 1. The number of nitrogens with one attached hydrogen (secondary N) is 1. The van der Waals surface area contributed by atoms with Crippen LogP contribution in [0.25, 0.3) is 0 Å². The van der Waals surface area contributed by atoms with Crippen molar-refractivity contribution in [3.8, 4) is 0 Å². The van der Waals surface area contributed by atoms with Crippen molar-refractivity contribution in [2.24, 2.45) is 0 Å². The molecule has 0 aromatic heterocycles. The number of carbonyl (C=O) groups excluding carboxylic acids is 2. The van der Waals surface area contributed by atoms with Crippen LogP contribution < -0.4 is 10.2 Å². The second kappa shape index (κ2) is 8.38. The topological polar surface area (TPSA) is 67.9 Å². The van der Waals surface area contributed by atoms with Gasteiger partial charge in [-0.15, -0.1) is 0 Å². The van der Waals surface area contributed by atoms with Gasteiger partial charge >= 0.3 is 5.97 Å². The Balaban J connectivity index is 1.80. The number of benzene rings is 1. The van der Waals surface area contributed by atoms with E-state index in [1.54, 1.807) is 0 Å². The van der Waals surface area contributed by atoms with Crippen LogP contribution in [0.2, 0.25) is 0 Å². The summed E-state index contributed by atoms with van der Waals surface area (Å²) < 4.78 is 9.37. The first kappa shape index (κ1) is 16.3. The third-order valence-electron chi connectivity index (χ3n) is 3.50. The van der Waals surface area contributed by atoms with Gasteiger partial charge in [-0.2, -0.15) is 0 Å². The molecule has 2 rings (SSSR count). The summed E-state index contributed by atoms with van der Waals surface area (Å²) in [6.07, 6.45) is 3.75. The van der Waals surface area contributed by atoms with E-state index in [0.717, 1.165) is 13.1 Å². The molecule has 1 saturated heterocycles. The summed E-state index contributed by atoms with van der Waals surface area (Å²) in [4.78, 5) is 25.1. The monoisotopic (exact) mass is 306 g/mol. The van der Waals surface area contributed by atoms with Gasteiger partial charge in [-0.1, -0.05) is 0 Å². The van der Waals surface area contributed by atoms with Crippen LogP contribution in [0.4, 0.5) is 11.4 Å². The van der Waals surface area contributed by atoms with Crippen molar-refractivity contribution in [1.29, 1.82) is 0 Å². The molecular formula is C16H22N2O4. The number of hydrogen-bond acceptors (Lipinski definition) is 5.